The van der Waals surface area contributed by atoms with Crippen molar-refractivity contribution in [3.8, 4) is 0 Å². The summed E-state index contributed by atoms with van der Waals surface area (Å²) in [7, 11) is -2.06. The first-order chi connectivity index (χ1) is 10.3. The SMILES string of the molecule is CCCS(=O)(=O)Nc1cc(NC(=O)CCNC)c(F)cc1F.Cl. The van der Waals surface area contributed by atoms with Crippen LogP contribution in [0.3, 0.4) is 0 Å². The molecule has 0 unspecified atom stereocenters. The molecular weight excluding hydrogens is 352 g/mol. The number of benzene rings is 1. The van der Waals surface area contributed by atoms with E-state index in [-0.39, 0.29) is 30.3 Å². The maximum absolute atomic E-state index is 13.7. The van der Waals surface area contributed by atoms with Gasteiger partial charge in [0.2, 0.25) is 15.9 Å². The maximum Gasteiger partial charge on any atom is 0.232 e. The molecule has 0 spiro atoms. The van der Waals surface area contributed by atoms with E-state index >= 15 is 0 Å². The van der Waals surface area contributed by atoms with Gasteiger partial charge < -0.3 is 10.6 Å². The fourth-order valence-corrected chi connectivity index (χ4v) is 2.79. The lowest BCUT2D eigenvalue weighted by molar-refractivity contribution is -0.116. The number of hydrogen-bond donors (Lipinski definition) is 3. The third-order valence-corrected chi connectivity index (χ3v) is 4.15. The van der Waals surface area contributed by atoms with Gasteiger partial charge in [0.25, 0.3) is 0 Å². The van der Waals surface area contributed by atoms with E-state index < -0.39 is 33.3 Å². The molecule has 0 atom stereocenters. The van der Waals surface area contributed by atoms with Crippen LogP contribution >= 0.6 is 12.4 Å². The predicted octanol–water partition coefficient (Wildman–Crippen LogP) is 2.09. The summed E-state index contributed by atoms with van der Waals surface area (Å²) in [5.41, 5.74) is -0.685. The topological polar surface area (TPSA) is 87.3 Å². The van der Waals surface area contributed by atoms with Crippen molar-refractivity contribution >= 4 is 39.7 Å². The second-order valence-electron chi connectivity index (χ2n) is 4.63. The van der Waals surface area contributed by atoms with Gasteiger partial charge in [0.05, 0.1) is 17.1 Å². The standard InChI is InChI=1S/C13H19F2N3O3S.ClH/c1-3-6-22(20,21)18-12-8-11(9(14)7-10(12)15)17-13(19)4-5-16-2;/h7-8,16,18H,3-6H2,1-2H3,(H,17,19);1H. The van der Waals surface area contributed by atoms with Crippen LogP contribution in [0.2, 0.25) is 0 Å². The van der Waals surface area contributed by atoms with E-state index in [2.05, 4.69) is 10.6 Å². The van der Waals surface area contributed by atoms with Crippen LogP contribution in [0.4, 0.5) is 20.2 Å². The van der Waals surface area contributed by atoms with E-state index in [1.165, 1.54) is 0 Å². The number of rotatable bonds is 8. The van der Waals surface area contributed by atoms with E-state index in [4.69, 9.17) is 0 Å². The number of hydrogen-bond acceptors (Lipinski definition) is 4. The third kappa shape index (κ3) is 7.10. The molecule has 0 radical (unpaired) electrons. The first kappa shape index (κ1) is 21.6. The van der Waals surface area contributed by atoms with Crippen LogP contribution in [0.5, 0.6) is 0 Å². The van der Waals surface area contributed by atoms with Gasteiger partial charge in [-0.2, -0.15) is 0 Å². The molecule has 0 aliphatic carbocycles. The molecule has 0 heterocycles. The summed E-state index contributed by atoms with van der Waals surface area (Å²) in [4.78, 5) is 11.6. The average molecular weight is 372 g/mol. The van der Waals surface area contributed by atoms with Gasteiger partial charge in [0, 0.05) is 19.0 Å². The van der Waals surface area contributed by atoms with Crippen molar-refractivity contribution in [1.82, 2.24) is 5.32 Å². The highest BCUT2D eigenvalue weighted by molar-refractivity contribution is 7.92. The average Bonchev–Trinajstić information content (AvgIpc) is 2.41. The van der Waals surface area contributed by atoms with Crippen molar-refractivity contribution in [3.63, 3.8) is 0 Å². The molecule has 0 aromatic heterocycles. The highest BCUT2D eigenvalue weighted by atomic mass is 35.5. The van der Waals surface area contributed by atoms with Crippen LogP contribution in [0.15, 0.2) is 12.1 Å². The third-order valence-electron chi connectivity index (χ3n) is 2.67. The highest BCUT2D eigenvalue weighted by Gasteiger charge is 2.16. The number of sulfonamides is 1. The Balaban J connectivity index is 0.00000484. The van der Waals surface area contributed by atoms with E-state index in [1.54, 1.807) is 14.0 Å². The summed E-state index contributed by atoms with van der Waals surface area (Å²) in [6.45, 7) is 2.05. The highest BCUT2D eigenvalue weighted by Crippen LogP contribution is 2.24. The molecule has 0 aliphatic rings. The monoisotopic (exact) mass is 371 g/mol. The molecule has 6 nitrogen and oxygen atoms in total. The first-order valence-electron chi connectivity index (χ1n) is 6.73. The minimum Gasteiger partial charge on any atom is -0.323 e. The predicted molar refractivity (Wildman–Crippen MR) is 88.5 cm³/mol. The Morgan fingerprint density at radius 3 is 2.35 bits per heavy atom. The van der Waals surface area contributed by atoms with Crippen LogP contribution in [-0.4, -0.2) is 33.7 Å². The number of carbonyl (C=O) groups is 1. The Morgan fingerprint density at radius 2 is 1.78 bits per heavy atom. The molecule has 10 heteroatoms. The zero-order valence-corrected chi connectivity index (χ0v) is 14.4. The molecule has 1 aromatic rings. The minimum absolute atomic E-state index is 0. The lowest BCUT2D eigenvalue weighted by Gasteiger charge is -2.12. The van der Waals surface area contributed by atoms with Crippen molar-refractivity contribution in [2.24, 2.45) is 0 Å². The van der Waals surface area contributed by atoms with Gasteiger partial charge in [-0.25, -0.2) is 17.2 Å². The van der Waals surface area contributed by atoms with Crippen molar-refractivity contribution in [2.45, 2.75) is 19.8 Å². The zero-order chi connectivity index (χ0) is 16.8. The van der Waals surface area contributed by atoms with Gasteiger partial charge in [-0.3, -0.25) is 9.52 Å². The Labute approximate surface area is 140 Å². The molecule has 1 amide bonds. The lowest BCUT2D eigenvalue weighted by Crippen LogP contribution is -2.20. The van der Waals surface area contributed by atoms with Gasteiger partial charge in [-0.15, -0.1) is 12.4 Å². The molecule has 0 fully saturated rings. The number of carbonyl (C=O) groups excluding carboxylic acids is 1. The molecule has 0 saturated heterocycles. The minimum atomic E-state index is -3.71. The Bertz CT molecular complexity index is 642. The molecule has 23 heavy (non-hydrogen) atoms. The van der Waals surface area contributed by atoms with Crippen LogP contribution < -0.4 is 15.4 Å². The quantitative estimate of drug-likeness (QED) is 0.653. The van der Waals surface area contributed by atoms with E-state index in [0.717, 1.165) is 6.07 Å². The number of nitrogens with one attached hydrogen (secondary N) is 3. The molecule has 0 bridgehead atoms. The summed E-state index contributed by atoms with van der Waals surface area (Å²) in [5.74, 6) is -2.69. The van der Waals surface area contributed by atoms with Crippen LogP contribution in [-0.2, 0) is 14.8 Å². The Morgan fingerprint density at radius 1 is 1.17 bits per heavy atom. The summed E-state index contributed by atoms with van der Waals surface area (Å²) >= 11 is 0. The van der Waals surface area contributed by atoms with Crippen LogP contribution in [0.1, 0.15) is 19.8 Å². The molecule has 3 N–H and O–H groups in total. The fraction of sp³-hybridized carbons (Fsp3) is 0.462. The van der Waals surface area contributed by atoms with Gasteiger partial charge in [0.1, 0.15) is 11.6 Å². The normalized spacial score (nSPS) is 10.8. The summed E-state index contributed by atoms with van der Waals surface area (Å²) in [6.07, 6.45) is 0.454. The van der Waals surface area contributed by atoms with Crippen molar-refractivity contribution in [3.05, 3.63) is 23.8 Å². The molecule has 1 aromatic carbocycles. The number of halogens is 3. The van der Waals surface area contributed by atoms with E-state index in [9.17, 15) is 22.0 Å². The molecule has 1 rings (SSSR count). The summed E-state index contributed by atoms with van der Waals surface area (Å²) < 4.78 is 52.6. The largest absolute Gasteiger partial charge is 0.323 e. The lowest BCUT2D eigenvalue weighted by atomic mass is 10.2. The van der Waals surface area contributed by atoms with Crippen LogP contribution in [0.25, 0.3) is 0 Å². The molecule has 0 aliphatic heterocycles. The van der Waals surface area contributed by atoms with Gasteiger partial charge in [0.15, 0.2) is 0 Å². The summed E-state index contributed by atoms with van der Waals surface area (Å²) in [6, 6.07) is 1.45. The number of amides is 1. The van der Waals surface area contributed by atoms with Crippen molar-refractivity contribution in [1.29, 1.82) is 0 Å². The smallest absolute Gasteiger partial charge is 0.232 e. The molecule has 132 valence electrons. The molecular formula is C13H20ClF2N3O3S. The van der Waals surface area contributed by atoms with Crippen molar-refractivity contribution < 1.29 is 22.0 Å². The van der Waals surface area contributed by atoms with Gasteiger partial charge >= 0.3 is 0 Å². The fourth-order valence-electron chi connectivity index (χ4n) is 1.66. The number of anilines is 2. The second kappa shape index (κ2) is 9.64. The second-order valence-corrected chi connectivity index (χ2v) is 6.48. The first-order valence-corrected chi connectivity index (χ1v) is 8.38. The maximum atomic E-state index is 13.7. The van der Waals surface area contributed by atoms with E-state index in [1.807, 2.05) is 4.72 Å². The van der Waals surface area contributed by atoms with Gasteiger partial charge in [-0.05, 0) is 19.5 Å². The zero-order valence-electron chi connectivity index (χ0n) is 12.8. The Hall–Kier alpha value is -1.45. The summed E-state index contributed by atoms with van der Waals surface area (Å²) in [5, 5.41) is 5.03. The van der Waals surface area contributed by atoms with Crippen molar-refractivity contribution in [2.75, 3.05) is 29.4 Å². The Kier molecular flexibility index (Phi) is 9.03. The van der Waals surface area contributed by atoms with Crippen LogP contribution in [0, 0.1) is 11.6 Å². The molecule has 0 saturated carbocycles. The van der Waals surface area contributed by atoms with E-state index in [0.29, 0.717) is 19.0 Å². The van der Waals surface area contributed by atoms with Gasteiger partial charge in [-0.1, -0.05) is 6.92 Å².